The van der Waals surface area contributed by atoms with Gasteiger partial charge in [-0.15, -0.1) is 69.1 Å². The molecule has 228 valence electrons. The van der Waals surface area contributed by atoms with Gasteiger partial charge in [-0.25, -0.2) is 0 Å². The van der Waals surface area contributed by atoms with Crippen molar-refractivity contribution >= 4 is 40.0 Å². The van der Waals surface area contributed by atoms with E-state index in [9.17, 15) is 0 Å². The Hall–Kier alpha value is -2.49. The summed E-state index contributed by atoms with van der Waals surface area (Å²) in [6, 6.07) is 41.9. The van der Waals surface area contributed by atoms with Crippen LogP contribution in [0.5, 0.6) is 0 Å². The quantitative estimate of drug-likeness (QED) is 0.167. The van der Waals surface area contributed by atoms with Crippen molar-refractivity contribution < 1.29 is 37.7 Å². The van der Waals surface area contributed by atoms with E-state index in [1.807, 2.05) is 0 Å². The minimum absolute atomic E-state index is 0. The first-order chi connectivity index (χ1) is 22.1. The Morgan fingerprint density at radius 2 is 0.851 bits per heavy atom. The van der Waals surface area contributed by atoms with Gasteiger partial charge in [0, 0.05) is 8.07 Å². The van der Waals surface area contributed by atoms with Crippen LogP contribution in [0.3, 0.4) is 0 Å². The largest absolute Gasteiger partial charge is 1.00 e. The Bertz CT molecular complexity index is 1790. The number of benzene rings is 4. The molecule has 2 aliphatic carbocycles. The van der Waals surface area contributed by atoms with Crippen LogP contribution < -0.4 is 48.1 Å². The smallest absolute Gasteiger partial charge is 0.158 e. The molecule has 0 saturated heterocycles. The zero-order chi connectivity index (χ0) is 30.4. The third-order valence-electron chi connectivity index (χ3n) is 11.4. The molecule has 3 heteroatoms. The summed E-state index contributed by atoms with van der Waals surface area (Å²) < 4.78 is 0. The van der Waals surface area contributed by atoms with E-state index in [4.69, 9.17) is 0 Å². The van der Waals surface area contributed by atoms with E-state index in [1.54, 1.807) is 32.3 Å². The summed E-state index contributed by atoms with van der Waals surface area (Å²) in [6.45, 7) is 5.44. The van der Waals surface area contributed by atoms with Gasteiger partial charge >= 0.3 is 37.7 Å². The van der Waals surface area contributed by atoms with Crippen molar-refractivity contribution in [1.29, 1.82) is 0 Å². The molecule has 6 aromatic rings. The van der Waals surface area contributed by atoms with Crippen LogP contribution in [-0.4, -0.2) is 8.07 Å². The predicted molar refractivity (Wildman–Crippen MR) is 198 cm³/mol. The average Bonchev–Trinajstić information content (AvgIpc) is 3.71. The minimum atomic E-state index is -2.27. The van der Waals surface area contributed by atoms with E-state index < -0.39 is 8.07 Å². The fourth-order valence-electron chi connectivity index (χ4n) is 9.37. The van der Waals surface area contributed by atoms with E-state index >= 15 is 0 Å². The van der Waals surface area contributed by atoms with E-state index in [-0.39, 0.29) is 37.7 Å². The molecule has 0 bridgehead atoms. The van der Waals surface area contributed by atoms with Gasteiger partial charge in [0.1, 0.15) is 0 Å². The molecule has 0 nitrogen and oxygen atoms in total. The Morgan fingerprint density at radius 3 is 1.23 bits per heavy atom. The summed E-state index contributed by atoms with van der Waals surface area (Å²) in [5.74, 6) is 1.34. The second-order valence-corrected chi connectivity index (χ2v) is 18.8. The summed E-state index contributed by atoms with van der Waals surface area (Å²) in [6.07, 6.45) is 13.6. The number of fused-ring (bicyclic) bond motifs is 2. The SMILES string of the molecule is C[Si](C)(c1c(C2CCCCC2)[cH-]c2cccc(-c3ccccc3)c12)c1c(C2CCCCC2)[cH-]c2cccc(-c3ccccc3)c12.[Li+].[Li+]. The summed E-state index contributed by atoms with van der Waals surface area (Å²) in [5.41, 5.74) is 8.91. The van der Waals surface area contributed by atoms with Gasteiger partial charge in [0.15, 0.2) is 0 Å². The maximum atomic E-state index is 2.72. The molecule has 2 aliphatic rings. The molecule has 0 radical (unpaired) electrons. The average molecular weight is 617 g/mol. The van der Waals surface area contributed by atoms with E-state index in [0.29, 0.717) is 11.8 Å². The third-order valence-corrected chi connectivity index (χ3v) is 15.0. The molecule has 0 spiro atoms. The molecule has 0 heterocycles. The molecule has 8 rings (SSSR count). The Morgan fingerprint density at radius 1 is 0.468 bits per heavy atom. The molecule has 2 saturated carbocycles. The maximum Gasteiger partial charge on any atom is 1.00 e. The van der Waals surface area contributed by atoms with Gasteiger partial charge in [-0.05, 0) is 48.6 Å². The summed E-state index contributed by atoms with van der Waals surface area (Å²) in [4.78, 5) is 0. The Balaban J connectivity index is 0.00000193. The monoisotopic (exact) mass is 616 g/mol. The van der Waals surface area contributed by atoms with Crippen LogP contribution in [0, 0.1) is 0 Å². The van der Waals surface area contributed by atoms with Crippen LogP contribution in [0.2, 0.25) is 13.1 Å². The molecular formula is C44H46Li2Si. The van der Waals surface area contributed by atoms with Gasteiger partial charge in [0.2, 0.25) is 0 Å². The van der Waals surface area contributed by atoms with Crippen LogP contribution in [0.1, 0.15) is 87.2 Å². The zero-order valence-corrected chi connectivity index (χ0v) is 30.1. The van der Waals surface area contributed by atoms with Crippen molar-refractivity contribution in [3.05, 3.63) is 120 Å². The molecule has 0 N–H and O–H groups in total. The van der Waals surface area contributed by atoms with Crippen molar-refractivity contribution in [3.63, 3.8) is 0 Å². The van der Waals surface area contributed by atoms with Crippen molar-refractivity contribution in [2.24, 2.45) is 0 Å². The topological polar surface area (TPSA) is 0 Å². The van der Waals surface area contributed by atoms with Crippen LogP contribution in [-0.2, 0) is 0 Å². The number of rotatable bonds is 6. The van der Waals surface area contributed by atoms with Crippen LogP contribution in [0.15, 0.2) is 109 Å². The number of hydrogen-bond donors (Lipinski definition) is 0. The Kier molecular flexibility index (Phi) is 10.6. The third kappa shape index (κ3) is 6.25. The molecular weight excluding hydrogens is 570 g/mol. The van der Waals surface area contributed by atoms with Crippen molar-refractivity contribution in [1.82, 2.24) is 0 Å². The van der Waals surface area contributed by atoms with Gasteiger partial charge < -0.3 is 0 Å². The maximum absolute atomic E-state index is 2.72. The van der Waals surface area contributed by atoms with Gasteiger partial charge in [-0.2, -0.15) is 10.4 Å². The summed E-state index contributed by atoms with van der Waals surface area (Å²) in [5, 5.41) is 9.45. The van der Waals surface area contributed by atoms with Crippen molar-refractivity contribution in [2.75, 3.05) is 0 Å². The van der Waals surface area contributed by atoms with E-state index in [0.717, 1.165) is 0 Å². The molecule has 0 unspecified atom stereocenters. The van der Waals surface area contributed by atoms with E-state index in [2.05, 4.69) is 122 Å². The van der Waals surface area contributed by atoms with Crippen LogP contribution >= 0.6 is 0 Å². The standard InChI is InChI=1S/C44H46Si.2Li/c1-45(2,43-39(33-21-11-5-12-22-33)29-35-25-15-27-37(41(35)43)31-17-7-3-8-18-31)44-40(34-23-13-6-14-24-34)30-36-26-16-28-38(42(36)44)32-19-9-4-10-20-32;;/h3-4,7-10,15-20,25-30,33-34H,5-6,11-14,21-24H2,1-2H3;;/q-2;2*+1. The van der Waals surface area contributed by atoms with Crippen LogP contribution in [0.25, 0.3) is 43.8 Å². The summed E-state index contributed by atoms with van der Waals surface area (Å²) >= 11 is 0. The van der Waals surface area contributed by atoms with Gasteiger partial charge in [0.25, 0.3) is 0 Å². The second-order valence-electron chi connectivity index (χ2n) is 14.5. The zero-order valence-electron chi connectivity index (χ0n) is 29.1. The molecule has 6 aromatic carbocycles. The molecule has 47 heavy (non-hydrogen) atoms. The molecule has 0 aromatic heterocycles. The predicted octanol–water partition coefficient (Wildman–Crippen LogP) is 5.69. The second kappa shape index (κ2) is 14.6. The molecule has 2 fully saturated rings. The number of hydrogen-bond acceptors (Lipinski definition) is 0. The first-order valence-electron chi connectivity index (χ1n) is 17.7. The van der Waals surface area contributed by atoms with Gasteiger partial charge in [0.05, 0.1) is 0 Å². The van der Waals surface area contributed by atoms with Gasteiger partial charge in [-0.3, -0.25) is 0 Å². The minimum Gasteiger partial charge on any atom is -0.158 e. The first kappa shape index (κ1) is 34.4. The molecule has 0 amide bonds. The van der Waals surface area contributed by atoms with Crippen molar-refractivity contribution in [2.45, 2.75) is 89.1 Å². The fraction of sp³-hybridized carbons (Fsp3) is 0.318. The summed E-state index contributed by atoms with van der Waals surface area (Å²) in [7, 11) is -2.27. The molecule has 0 aliphatic heterocycles. The van der Waals surface area contributed by atoms with Gasteiger partial charge in [-0.1, -0.05) is 136 Å². The van der Waals surface area contributed by atoms with E-state index in [1.165, 1.54) is 97.2 Å². The Labute approximate surface area is 307 Å². The first-order valence-corrected chi connectivity index (χ1v) is 20.7. The van der Waals surface area contributed by atoms with Crippen LogP contribution in [0.4, 0.5) is 0 Å². The molecule has 0 atom stereocenters. The fourth-order valence-corrected chi connectivity index (χ4v) is 13.4. The van der Waals surface area contributed by atoms with Crippen molar-refractivity contribution in [3.8, 4) is 22.3 Å². The normalized spacial score (nSPS) is 16.2.